The predicted octanol–water partition coefficient (Wildman–Crippen LogP) is 4.86. The van der Waals surface area contributed by atoms with Crippen molar-refractivity contribution in [1.29, 1.82) is 0 Å². The molecule has 0 saturated carbocycles. The lowest BCUT2D eigenvalue weighted by molar-refractivity contribution is 0.249. The molecule has 0 aliphatic carbocycles. The van der Waals surface area contributed by atoms with E-state index in [2.05, 4.69) is 40.1 Å². The van der Waals surface area contributed by atoms with Crippen molar-refractivity contribution >= 4 is 5.95 Å². The fourth-order valence-electron chi connectivity index (χ4n) is 4.45. The zero-order valence-corrected chi connectivity index (χ0v) is 20.6. The fraction of sp³-hybridized carbons (Fsp3) is 0.241. The maximum Gasteiger partial charge on any atom is 0.226 e. The van der Waals surface area contributed by atoms with E-state index in [1.807, 2.05) is 36.4 Å². The third-order valence-electron chi connectivity index (χ3n) is 6.46. The number of aromatic hydroxyl groups is 1. The van der Waals surface area contributed by atoms with Crippen LogP contribution in [0.5, 0.6) is 17.2 Å². The average molecular weight is 483 g/mol. The first-order valence-electron chi connectivity index (χ1n) is 12.0. The van der Waals surface area contributed by atoms with Crippen LogP contribution in [-0.2, 0) is 6.54 Å². The van der Waals surface area contributed by atoms with Crippen molar-refractivity contribution in [2.45, 2.75) is 6.54 Å². The largest absolute Gasteiger partial charge is 0.508 e. The maximum atomic E-state index is 9.76. The van der Waals surface area contributed by atoms with Crippen molar-refractivity contribution in [3.8, 4) is 39.8 Å². The summed E-state index contributed by atoms with van der Waals surface area (Å²) in [6, 6.07) is 25.4. The number of phenols is 1. The molecule has 0 unspecified atom stereocenters. The minimum absolute atomic E-state index is 0.225. The number of anilines is 1. The Balaban J connectivity index is 1.45. The summed E-state index contributed by atoms with van der Waals surface area (Å²) >= 11 is 0. The molecule has 1 aliphatic heterocycles. The highest BCUT2D eigenvalue weighted by molar-refractivity contribution is 5.71. The van der Waals surface area contributed by atoms with E-state index >= 15 is 0 Å². The zero-order chi connectivity index (χ0) is 24.9. The van der Waals surface area contributed by atoms with Crippen LogP contribution in [0, 0.1) is 0 Å². The molecule has 1 aromatic heterocycles. The molecule has 3 aromatic carbocycles. The molecule has 1 aliphatic rings. The molecule has 5 rings (SSSR count). The molecule has 1 fully saturated rings. The number of hydrogen-bond acceptors (Lipinski definition) is 7. The van der Waals surface area contributed by atoms with E-state index in [9.17, 15) is 5.11 Å². The Morgan fingerprint density at radius 3 is 2.03 bits per heavy atom. The average Bonchev–Trinajstić information content (AvgIpc) is 2.94. The number of ether oxygens (including phenoxy) is 2. The van der Waals surface area contributed by atoms with Crippen LogP contribution in [-0.4, -0.2) is 60.4 Å². The maximum absolute atomic E-state index is 9.76. The summed E-state index contributed by atoms with van der Waals surface area (Å²) in [7, 11) is 3.25. The van der Waals surface area contributed by atoms with E-state index in [-0.39, 0.29) is 5.75 Å². The fourth-order valence-corrected chi connectivity index (χ4v) is 4.45. The first-order chi connectivity index (χ1) is 17.6. The number of nitrogens with zero attached hydrogens (tertiary/aromatic N) is 4. The second kappa shape index (κ2) is 10.7. The second-order valence-corrected chi connectivity index (χ2v) is 8.80. The Labute approximate surface area is 211 Å². The summed E-state index contributed by atoms with van der Waals surface area (Å²) in [5.41, 5.74) is 4.76. The topological polar surface area (TPSA) is 71.0 Å². The van der Waals surface area contributed by atoms with Crippen LogP contribution in [0.3, 0.4) is 0 Å². The minimum atomic E-state index is 0.225. The van der Waals surface area contributed by atoms with E-state index in [0.29, 0.717) is 17.4 Å². The lowest BCUT2D eigenvalue weighted by atomic mass is 10.1. The number of rotatable bonds is 7. The number of piperazine rings is 1. The second-order valence-electron chi connectivity index (χ2n) is 8.80. The molecule has 0 bridgehead atoms. The first-order valence-corrected chi connectivity index (χ1v) is 12.0. The smallest absolute Gasteiger partial charge is 0.226 e. The molecular formula is C29H30N4O3. The molecular weight excluding hydrogens is 452 g/mol. The van der Waals surface area contributed by atoms with Gasteiger partial charge in [0.25, 0.3) is 0 Å². The van der Waals surface area contributed by atoms with Crippen LogP contribution < -0.4 is 14.4 Å². The Morgan fingerprint density at radius 1 is 0.722 bits per heavy atom. The molecule has 7 heteroatoms. The first kappa shape index (κ1) is 23.6. The van der Waals surface area contributed by atoms with Crippen LogP contribution in [0.4, 0.5) is 5.95 Å². The highest BCUT2D eigenvalue weighted by Crippen LogP contribution is 2.34. The number of phenolic OH excluding ortho intramolecular Hbond substituents is 1. The molecule has 0 atom stereocenters. The molecule has 0 amide bonds. The van der Waals surface area contributed by atoms with Gasteiger partial charge in [-0.05, 0) is 54.1 Å². The van der Waals surface area contributed by atoms with Gasteiger partial charge >= 0.3 is 0 Å². The molecule has 4 aromatic rings. The summed E-state index contributed by atoms with van der Waals surface area (Å²) in [6.45, 7) is 4.51. The Kier molecular flexibility index (Phi) is 7.00. The van der Waals surface area contributed by atoms with Crippen LogP contribution in [0.2, 0.25) is 0 Å². The SMILES string of the molecule is COc1ccc(-c2cc(-c3ccc(O)cc3)nc(N3CCN(Cc4ccccc4)CC3)n2)cc1OC. The van der Waals surface area contributed by atoms with E-state index in [1.165, 1.54) is 5.56 Å². The van der Waals surface area contributed by atoms with Gasteiger partial charge in [-0.2, -0.15) is 0 Å². The molecule has 7 nitrogen and oxygen atoms in total. The van der Waals surface area contributed by atoms with Gasteiger partial charge < -0.3 is 19.5 Å². The van der Waals surface area contributed by atoms with Crippen molar-refractivity contribution in [2.75, 3.05) is 45.3 Å². The van der Waals surface area contributed by atoms with Crippen molar-refractivity contribution in [1.82, 2.24) is 14.9 Å². The molecule has 0 spiro atoms. The van der Waals surface area contributed by atoms with Crippen molar-refractivity contribution < 1.29 is 14.6 Å². The number of aromatic nitrogens is 2. The van der Waals surface area contributed by atoms with E-state index in [1.54, 1.807) is 26.4 Å². The van der Waals surface area contributed by atoms with E-state index in [0.717, 1.165) is 55.2 Å². The van der Waals surface area contributed by atoms with Crippen LogP contribution in [0.15, 0.2) is 78.9 Å². The van der Waals surface area contributed by atoms with Gasteiger partial charge in [0.2, 0.25) is 5.95 Å². The van der Waals surface area contributed by atoms with Gasteiger partial charge in [-0.3, -0.25) is 4.90 Å². The molecule has 36 heavy (non-hydrogen) atoms. The zero-order valence-electron chi connectivity index (χ0n) is 20.6. The summed E-state index contributed by atoms with van der Waals surface area (Å²) in [4.78, 5) is 14.6. The Morgan fingerprint density at radius 2 is 1.36 bits per heavy atom. The van der Waals surface area contributed by atoms with Gasteiger partial charge in [-0.15, -0.1) is 0 Å². The molecule has 0 radical (unpaired) electrons. The number of hydrogen-bond donors (Lipinski definition) is 1. The monoisotopic (exact) mass is 482 g/mol. The Bertz CT molecular complexity index is 1300. The highest BCUT2D eigenvalue weighted by Gasteiger charge is 2.21. The van der Waals surface area contributed by atoms with Gasteiger partial charge in [0.1, 0.15) is 5.75 Å². The standard InChI is InChI=1S/C29H30N4O3/c1-35-27-13-10-23(18-28(27)36-2)26-19-25(22-8-11-24(34)12-9-22)30-29(31-26)33-16-14-32(15-17-33)20-21-6-4-3-5-7-21/h3-13,18-19,34H,14-17,20H2,1-2H3. The van der Waals surface area contributed by atoms with Gasteiger partial charge in [0, 0.05) is 43.9 Å². The summed E-state index contributed by atoms with van der Waals surface area (Å²) in [5, 5.41) is 9.76. The summed E-state index contributed by atoms with van der Waals surface area (Å²) < 4.78 is 10.9. The predicted molar refractivity (Wildman–Crippen MR) is 142 cm³/mol. The highest BCUT2D eigenvalue weighted by atomic mass is 16.5. The summed E-state index contributed by atoms with van der Waals surface area (Å²) in [5.74, 6) is 2.24. The number of benzene rings is 3. The summed E-state index contributed by atoms with van der Waals surface area (Å²) in [6.07, 6.45) is 0. The van der Waals surface area contributed by atoms with Crippen LogP contribution in [0.25, 0.3) is 22.5 Å². The van der Waals surface area contributed by atoms with Gasteiger partial charge in [-0.25, -0.2) is 9.97 Å². The third-order valence-corrected chi connectivity index (χ3v) is 6.46. The van der Waals surface area contributed by atoms with Crippen molar-refractivity contribution in [3.05, 3.63) is 84.4 Å². The third kappa shape index (κ3) is 5.26. The lowest BCUT2D eigenvalue weighted by Crippen LogP contribution is -2.46. The number of methoxy groups -OCH3 is 2. The molecule has 184 valence electrons. The van der Waals surface area contributed by atoms with E-state index < -0.39 is 0 Å². The normalized spacial score (nSPS) is 14.0. The van der Waals surface area contributed by atoms with Crippen LogP contribution in [0.1, 0.15) is 5.56 Å². The van der Waals surface area contributed by atoms with Gasteiger partial charge in [-0.1, -0.05) is 30.3 Å². The Hall–Kier alpha value is -4.10. The van der Waals surface area contributed by atoms with Gasteiger partial charge in [0.15, 0.2) is 11.5 Å². The van der Waals surface area contributed by atoms with Crippen molar-refractivity contribution in [3.63, 3.8) is 0 Å². The lowest BCUT2D eigenvalue weighted by Gasteiger charge is -2.35. The van der Waals surface area contributed by atoms with E-state index in [4.69, 9.17) is 19.4 Å². The minimum Gasteiger partial charge on any atom is -0.508 e. The molecule has 1 N–H and O–H groups in total. The quantitative estimate of drug-likeness (QED) is 0.404. The molecule has 1 saturated heterocycles. The molecule has 2 heterocycles. The van der Waals surface area contributed by atoms with Gasteiger partial charge in [0.05, 0.1) is 25.6 Å². The van der Waals surface area contributed by atoms with Crippen molar-refractivity contribution in [2.24, 2.45) is 0 Å². The van der Waals surface area contributed by atoms with Crippen LogP contribution >= 0.6 is 0 Å².